The average molecular weight is 347 g/mol. The van der Waals surface area contributed by atoms with Gasteiger partial charge in [0.2, 0.25) is 5.95 Å². The van der Waals surface area contributed by atoms with Crippen LogP contribution in [0.2, 0.25) is 0 Å². The van der Waals surface area contributed by atoms with Crippen LogP contribution in [0.25, 0.3) is 0 Å². The largest absolute Gasteiger partial charge is 0.344 e. The summed E-state index contributed by atoms with van der Waals surface area (Å²) in [7, 11) is 3.66. The number of aromatic nitrogens is 3. The van der Waals surface area contributed by atoms with Crippen LogP contribution in [0.15, 0.2) is 67.1 Å². The molecule has 132 valence electrons. The summed E-state index contributed by atoms with van der Waals surface area (Å²) in [4.78, 5) is 29.0. The first-order valence-corrected chi connectivity index (χ1v) is 8.41. The minimum absolute atomic E-state index is 0.164. The Hall–Kier alpha value is -3.28. The lowest BCUT2D eigenvalue weighted by Gasteiger charge is -2.19. The molecule has 1 aromatic carbocycles. The lowest BCUT2D eigenvalue weighted by molar-refractivity contribution is 0.0988. The van der Waals surface area contributed by atoms with Crippen LogP contribution in [0.4, 0.5) is 11.6 Å². The van der Waals surface area contributed by atoms with E-state index in [1.165, 1.54) is 5.56 Å². The molecule has 6 nitrogen and oxygen atoms in total. The molecule has 0 atom stereocenters. The van der Waals surface area contributed by atoms with Crippen LogP contribution in [-0.4, -0.2) is 41.5 Å². The Kier molecular flexibility index (Phi) is 5.53. The van der Waals surface area contributed by atoms with Crippen molar-refractivity contribution in [2.45, 2.75) is 6.42 Å². The van der Waals surface area contributed by atoms with Gasteiger partial charge in [-0.05, 0) is 42.3 Å². The molecule has 1 amide bonds. The molecule has 3 aromatic rings. The molecule has 26 heavy (non-hydrogen) atoms. The molecule has 0 spiro atoms. The van der Waals surface area contributed by atoms with E-state index < -0.39 is 0 Å². The number of hydrogen-bond acceptors (Lipinski definition) is 5. The molecule has 0 radical (unpaired) electrons. The van der Waals surface area contributed by atoms with Crippen molar-refractivity contribution in [1.29, 1.82) is 0 Å². The Balaban J connectivity index is 1.70. The maximum absolute atomic E-state index is 12.7. The molecule has 0 fully saturated rings. The minimum Gasteiger partial charge on any atom is -0.344 e. The van der Waals surface area contributed by atoms with E-state index in [0.29, 0.717) is 11.6 Å². The number of benzene rings is 1. The van der Waals surface area contributed by atoms with Crippen LogP contribution in [0.5, 0.6) is 0 Å². The molecule has 6 heteroatoms. The Morgan fingerprint density at radius 1 is 0.962 bits per heavy atom. The minimum atomic E-state index is -0.164. The number of anilines is 2. The van der Waals surface area contributed by atoms with Gasteiger partial charge in [0.25, 0.3) is 5.91 Å². The topological polar surface area (TPSA) is 62.2 Å². The van der Waals surface area contributed by atoms with Gasteiger partial charge in [0.1, 0.15) is 5.69 Å². The summed E-state index contributed by atoms with van der Waals surface area (Å²) in [5, 5.41) is 0. The van der Waals surface area contributed by atoms with Gasteiger partial charge >= 0.3 is 0 Å². The highest BCUT2D eigenvalue weighted by Gasteiger charge is 2.16. The molecule has 0 N–H and O–H groups in total. The van der Waals surface area contributed by atoms with Crippen LogP contribution in [-0.2, 0) is 6.42 Å². The van der Waals surface area contributed by atoms with Crippen molar-refractivity contribution >= 4 is 17.5 Å². The number of rotatable bonds is 6. The second-order valence-corrected chi connectivity index (χ2v) is 5.97. The summed E-state index contributed by atoms with van der Waals surface area (Å²) >= 11 is 0. The number of pyridine rings is 1. The first kappa shape index (κ1) is 17.5. The third-order valence-corrected chi connectivity index (χ3v) is 4.14. The van der Waals surface area contributed by atoms with Crippen LogP contribution >= 0.6 is 0 Å². The third kappa shape index (κ3) is 4.22. The molecule has 0 bridgehead atoms. The Bertz CT molecular complexity index is 854. The standard InChI is InChI=1S/C20H21N5O/c1-24(15-11-16-8-12-21-13-9-16)20-22-14-10-18(23-20)19(26)25(2)17-6-4-3-5-7-17/h3-10,12-14H,11,15H2,1-2H3. The van der Waals surface area contributed by atoms with E-state index in [9.17, 15) is 4.79 Å². The summed E-state index contributed by atoms with van der Waals surface area (Å²) < 4.78 is 0. The lowest BCUT2D eigenvalue weighted by Crippen LogP contribution is -2.28. The zero-order chi connectivity index (χ0) is 18.4. The van der Waals surface area contributed by atoms with Gasteiger partial charge in [-0.15, -0.1) is 0 Å². The molecule has 0 unspecified atom stereocenters. The number of carbonyl (C=O) groups is 1. The summed E-state index contributed by atoms with van der Waals surface area (Å²) in [6, 6.07) is 15.1. The van der Waals surface area contributed by atoms with Gasteiger partial charge in [0.15, 0.2) is 0 Å². The van der Waals surface area contributed by atoms with E-state index in [4.69, 9.17) is 0 Å². The highest BCUT2D eigenvalue weighted by molar-refractivity contribution is 6.04. The van der Waals surface area contributed by atoms with E-state index in [-0.39, 0.29) is 5.91 Å². The molecule has 2 aromatic heterocycles. The molecule has 0 saturated carbocycles. The number of carbonyl (C=O) groups excluding carboxylic acids is 1. The second kappa shape index (κ2) is 8.20. The molecular formula is C20H21N5O. The van der Waals surface area contributed by atoms with Gasteiger partial charge < -0.3 is 9.80 Å². The van der Waals surface area contributed by atoms with E-state index in [1.807, 2.05) is 54.4 Å². The van der Waals surface area contributed by atoms with Crippen molar-refractivity contribution < 1.29 is 4.79 Å². The fourth-order valence-corrected chi connectivity index (χ4v) is 2.54. The smallest absolute Gasteiger partial charge is 0.276 e. The summed E-state index contributed by atoms with van der Waals surface area (Å²) in [6.07, 6.45) is 6.04. The van der Waals surface area contributed by atoms with Gasteiger partial charge in [0.05, 0.1) is 0 Å². The molecule has 0 saturated heterocycles. The van der Waals surface area contributed by atoms with Gasteiger partial charge in [-0.1, -0.05) is 18.2 Å². The first-order chi connectivity index (χ1) is 12.6. The van der Waals surface area contributed by atoms with Crippen molar-refractivity contribution in [3.63, 3.8) is 0 Å². The molecule has 0 aliphatic heterocycles. The Morgan fingerprint density at radius 2 is 1.69 bits per heavy atom. The van der Waals surface area contributed by atoms with Crippen molar-refractivity contribution in [2.24, 2.45) is 0 Å². The fourth-order valence-electron chi connectivity index (χ4n) is 2.54. The number of likely N-dealkylation sites (N-methyl/N-ethyl adjacent to an activating group) is 1. The normalized spacial score (nSPS) is 10.4. The molecular weight excluding hydrogens is 326 g/mol. The van der Waals surface area contributed by atoms with Gasteiger partial charge in [0, 0.05) is 44.9 Å². The van der Waals surface area contributed by atoms with Crippen LogP contribution < -0.4 is 9.80 Å². The maximum atomic E-state index is 12.7. The zero-order valence-electron chi connectivity index (χ0n) is 14.9. The van der Waals surface area contributed by atoms with E-state index in [0.717, 1.165) is 18.7 Å². The van der Waals surface area contributed by atoms with E-state index in [2.05, 4.69) is 15.0 Å². The molecule has 0 aliphatic rings. The highest BCUT2D eigenvalue weighted by atomic mass is 16.2. The van der Waals surface area contributed by atoms with Crippen molar-refractivity contribution in [3.05, 3.63) is 78.4 Å². The van der Waals surface area contributed by atoms with Crippen LogP contribution in [0.1, 0.15) is 16.1 Å². The zero-order valence-corrected chi connectivity index (χ0v) is 14.9. The molecule has 3 rings (SSSR count). The van der Waals surface area contributed by atoms with Crippen LogP contribution in [0.3, 0.4) is 0 Å². The monoisotopic (exact) mass is 347 g/mol. The fraction of sp³-hybridized carbons (Fsp3) is 0.200. The summed E-state index contributed by atoms with van der Waals surface area (Å²) in [5.74, 6) is 0.369. The number of hydrogen-bond donors (Lipinski definition) is 0. The summed E-state index contributed by atoms with van der Waals surface area (Å²) in [5.41, 5.74) is 2.39. The quantitative estimate of drug-likeness (QED) is 0.686. The van der Waals surface area contributed by atoms with Crippen molar-refractivity contribution in [3.8, 4) is 0 Å². The van der Waals surface area contributed by atoms with Crippen molar-refractivity contribution in [2.75, 3.05) is 30.4 Å². The van der Waals surface area contributed by atoms with Gasteiger partial charge in [-0.25, -0.2) is 9.97 Å². The maximum Gasteiger partial charge on any atom is 0.276 e. The predicted molar refractivity (Wildman–Crippen MR) is 102 cm³/mol. The van der Waals surface area contributed by atoms with Crippen molar-refractivity contribution in [1.82, 2.24) is 15.0 Å². The summed E-state index contributed by atoms with van der Waals surface area (Å²) in [6.45, 7) is 0.746. The number of amides is 1. The number of nitrogens with zero attached hydrogens (tertiary/aromatic N) is 5. The van der Waals surface area contributed by atoms with Crippen LogP contribution in [0, 0.1) is 0 Å². The molecule has 2 heterocycles. The SMILES string of the molecule is CN(CCc1ccncc1)c1nccc(C(=O)N(C)c2ccccc2)n1. The second-order valence-electron chi connectivity index (χ2n) is 5.97. The Labute approximate surface area is 153 Å². The van der Waals surface area contributed by atoms with E-state index in [1.54, 1.807) is 36.6 Å². The van der Waals surface area contributed by atoms with E-state index >= 15 is 0 Å². The predicted octanol–water partition coefficient (Wildman–Crippen LogP) is 2.83. The highest BCUT2D eigenvalue weighted by Crippen LogP contribution is 2.15. The Morgan fingerprint density at radius 3 is 2.42 bits per heavy atom. The van der Waals surface area contributed by atoms with Gasteiger partial charge in [-0.3, -0.25) is 9.78 Å². The van der Waals surface area contributed by atoms with Gasteiger partial charge in [-0.2, -0.15) is 0 Å². The molecule has 0 aliphatic carbocycles. The lowest BCUT2D eigenvalue weighted by atomic mass is 10.2. The third-order valence-electron chi connectivity index (χ3n) is 4.14. The first-order valence-electron chi connectivity index (χ1n) is 8.41. The number of para-hydroxylation sites is 1. The average Bonchev–Trinajstić information content (AvgIpc) is 2.72.